The quantitative estimate of drug-likeness (QED) is 0.911. The van der Waals surface area contributed by atoms with E-state index in [2.05, 4.69) is 10.6 Å². The molecule has 2 rings (SSSR count). The first-order valence-electron chi connectivity index (χ1n) is 6.41. The maximum Gasteiger partial charge on any atom is 0.258 e. The van der Waals surface area contributed by atoms with Gasteiger partial charge in [0, 0.05) is 18.3 Å². The van der Waals surface area contributed by atoms with Gasteiger partial charge < -0.3 is 10.6 Å². The maximum absolute atomic E-state index is 13.7. The van der Waals surface area contributed by atoms with Crippen molar-refractivity contribution in [1.82, 2.24) is 5.32 Å². The number of aryl methyl sites for hydroxylation is 1. The Hall–Kier alpha value is -2.69. The zero-order chi connectivity index (χ0) is 15.4. The molecule has 108 valence electrons. The highest BCUT2D eigenvalue weighted by Crippen LogP contribution is 2.15. The summed E-state index contributed by atoms with van der Waals surface area (Å²) in [7, 11) is 1.52. The van der Waals surface area contributed by atoms with Crippen LogP contribution in [0.2, 0.25) is 0 Å². The van der Waals surface area contributed by atoms with Gasteiger partial charge in [-0.15, -0.1) is 0 Å². The van der Waals surface area contributed by atoms with E-state index < -0.39 is 11.7 Å². The summed E-state index contributed by atoms with van der Waals surface area (Å²) < 4.78 is 13.7. The second-order valence-electron chi connectivity index (χ2n) is 4.60. The molecule has 2 amide bonds. The van der Waals surface area contributed by atoms with Crippen molar-refractivity contribution in [2.24, 2.45) is 0 Å². The summed E-state index contributed by atoms with van der Waals surface area (Å²) in [4.78, 5) is 23.6. The van der Waals surface area contributed by atoms with Gasteiger partial charge in [0.25, 0.3) is 11.8 Å². The van der Waals surface area contributed by atoms with E-state index in [4.69, 9.17) is 0 Å². The topological polar surface area (TPSA) is 58.2 Å². The van der Waals surface area contributed by atoms with E-state index in [0.29, 0.717) is 11.3 Å². The Morgan fingerprint density at radius 2 is 1.81 bits per heavy atom. The second-order valence-corrected chi connectivity index (χ2v) is 4.60. The van der Waals surface area contributed by atoms with E-state index in [0.717, 1.165) is 5.56 Å². The number of halogens is 1. The Morgan fingerprint density at radius 3 is 2.52 bits per heavy atom. The van der Waals surface area contributed by atoms with E-state index in [1.807, 2.05) is 0 Å². The number of amides is 2. The van der Waals surface area contributed by atoms with Gasteiger partial charge in [-0.05, 0) is 37.3 Å². The van der Waals surface area contributed by atoms with Crippen LogP contribution >= 0.6 is 0 Å². The number of benzene rings is 2. The minimum absolute atomic E-state index is 0.0275. The summed E-state index contributed by atoms with van der Waals surface area (Å²) in [6.45, 7) is 1.78. The average Bonchev–Trinajstić information content (AvgIpc) is 2.49. The highest BCUT2D eigenvalue weighted by Gasteiger charge is 2.13. The van der Waals surface area contributed by atoms with E-state index in [1.165, 1.54) is 25.2 Å². The molecule has 5 heteroatoms. The third-order valence-corrected chi connectivity index (χ3v) is 2.98. The molecule has 0 fully saturated rings. The minimum Gasteiger partial charge on any atom is -0.355 e. The first kappa shape index (κ1) is 14.7. The molecule has 0 radical (unpaired) electrons. The highest BCUT2D eigenvalue weighted by atomic mass is 19.1. The van der Waals surface area contributed by atoms with Gasteiger partial charge in [-0.2, -0.15) is 0 Å². The molecule has 0 atom stereocenters. The Morgan fingerprint density at radius 1 is 1.05 bits per heavy atom. The molecule has 2 aromatic carbocycles. The van der Waals surface area contributed by atoms with Crippen molar-refractivity contribution < 1.29 is 14.0 Å². The van der Waals surface area contributed by atoms with Crippen LogP contribution in [-0.2, 0) is 0 Å². The molecule has 0 aliphatic rings. The second kappa shape index (κ2) is 6.17. The average molecular weight is 286 g/mol. The third kappa shape index (κ3) is 3.45. The number of nitrogens with one attached hydrogen (secondary N) is 2. The fourth-order valence-corrected chi connectivity index (χ4v) is 1.89. The fourth-order valence-electron chi connectivity index (χ4n) is 1.89. The first-order chi connectivity index (χ1) is 10.0. The maximum atomic E-state index is 13.7. The molecular formula is C16H15FN2O2. The molecule has 2 N–H and O–H groups in total. The van der Waals surface area contributed by atoms with Crippen LogP contribution in [-0.4, -0.2) is 18.9 Å². The molecule has 0 bridgehead atoms. The summed E-state index contributed by atoms with van der Waals surface area (Å²) in [5, 5.41) is 5.09. The number of carbonyl (C=O) groups is 2. The molecule has 0 heterocycles. The van der Waals surface area contributed by atoms with Crippen LogP contribution in [0.3, 0.4) is 0 Å². The standard InChI is InChI=1S/C16H15FN2O2/c1-10-6-7-14(17)13(8-10)16(21)19-12-5-3-4-11(9-12)15(20)18-2/h3-9H,1-2H3,(H,18,20)(H,19,21). The van der Waals surface area contributed by atoms with Crippen LogP contribution in [0.25, 0.3) is 0 Å². The van der Waals surface area contributed by atoms with Crippen molar-refractivity contribution in [1.29, 1.82) is 0 Å². The molecule has 0 aromatic heterocycles. The van der Waals surface area contributed by atoms with Crippen molar-refractivity contribution in [2.45, 2.75) is 6.92 Å². The van der Waals surface area contributed by atoms with Crippen LogP contribution in [0.1, 0.15) is 26.3 Å². The lowest BCUT2D eigenvalue weighted by Gasteiger charge is -2.08. The predicted molar refractivity (Wildman–Crippen MR) is 78.9 cm³/mol. The molecule has 0 spiro atoms. The fraction of sp³-hybridized carbons (Fsp3) is 0.125. The summed E-state index contributed by atoms with van der Waals surface area (Å²) >= 11 is 0. The molecule has 4 nitrogen and oxygen atoms in total. The number of hydrogen-bond acceptors (Lipinski definition) is 2. The highest BCUT2D eigenvalue weighted by molar-refractivity contribution is 6.05. The number of rotatable bonds is 3. The predicted octanol–water partition coefficient (Wildman–Crippen LogP) is 2.75. The van der Waals surface area contributed by atoms with Crippen molar-refractivity contribution in [3.63, 3.8) is 0 Å². The van der Waals surface area contributed by atoms with Crippen LogP contribution in [0.4, 0.5) is 10.1 Å². The SMILES string of the molecule is CNC(=O)c1cccc(NC(=O)c2cc(C)ccc2F)c1. The van der Waals surface area contributed by atoms with Gasteiger partial charge in [0.15, 0.2) is 0 Å². The van der Waals surface area contributed by atoms with Crippen molar-refractivity contribution >= 4 is 17.5 Å². The molecular weight excluding hydrogens is 271 g/mol. The lowest BCUT2D eigenvalue weighted by Crippen LogP contribution is -2.18. The Kier molecular flexibility index (Phi) is 4.33. The van der Waals surface area contributed by atoms with Crippen molar-refractivity contribution in [3.05, 3.63) is 65.0 Å². The number of carbonyl (C=O) groups excluding carboxylic acids is 2. The largest absolute Gasteiger partial charge is 0.355 e. The molecule has 0 saturated heterocycles. The van der Waals surface area contributed by atoms with E-state index >= 15 is 0 Å². The first-order valence-corrected chi connectivity index (χ1v) is 6.41. The van der Waals surface area contributed by atoms with Crippen LogP contribution in [0, 0.1) is 12.7 Å². The zero-order valence-electron chi connectivity index (χ0n) is 11.7. The summed E-state index contributed by atoms with van der Waals surface area (Å²) in [5.41, 5.74) is 1.61. The summed E-state index contributed by atoms with van der Waals surface area (Å²) in [6.07, 6.45) is 0. The number of hydrogen-bond donors (Lipinski definition) is 2. The lowest BCUT2D eigenvalue weighted by molar-refractivity contribution is 0.0961. The summed E-state index contributed by atoms with van der Waals surface area (Å²) in [6, 6.07) is 10.8. The molecule has 21 heavy (non-hydrogen) atoms. The minimum atomic E-state index is -0.583. The van der Waals surface area contributed by atoms with Gasteiger partial charge in [-0.25, -0.2) is 4.39 Å². The third-order valence-electron chi connectivity index (χ3n) is 2.98. The van der Waals surface area contributed by atoms with E-state index in [1.54, 1.807) is 31.2 Å². The normalized spacial score (nSPS) is 10.0. The Labute approximate surface area is 122 Å². The lowest BCUT2D eigenvalue weighted by atomic mass is 10.1. The Balaban J connectivity index is 2.23. The molecule has 0 aliphatic heterocycles. The molecule has 0 aliphatic carbocycles. The molecule has 0 unspecified atom stereocenters. The van der Waals surface area contributed by atoms with E-state index in [-0.39, 0.29) is 11.5 Å². The smallest absolute Gasteiger partial charge is 0.258 e. The van der Waals surface area contributed by atoms with Gasteiger partial charge in [-0.3, -0.25) is 9.59 Å². The van der Waals surface area contributed by atoms with Crippen LogP contribution in [0.15, 0.2) is 42.5 Å². The molecule has 0 saturated carbocycles. The van der Waals surface area contributed by atoms with Crippen molar-refractivity contribution in [2.75, 3.05) is 12.4 Å². The Bertz CT molecular complexity index is 698. The molecule has 2 aromatic rings. The van der Waals surface area contributed by atoms with Gasteiger partial charge in [-0.1, -0.05) is 17.7 Å². The van der Waals surface area contributed by atoms with Crippen LogP contribution in [0.5, 0.6) is 0 Å². The van der Waals surface area contributed by atoms with Gasteiger partial charge in [0.05, 0.1) is 5.56 Å². The monoisotopic (exact) mass is 286 g/mol. The van der Waals surface area contributed by atoms with Gasteiger partial charge in [0.2, 0.25) is 0 Å². The summed E-state index contributed by atoms with van der Waals surface area (Å²) in [5.74, 6) is -1.39. The number of anilines is 1. The van der Waals surface area contributed by atoms with E-state index in [9.17, 15) is 14.0 Å². The van der Waals surface area contributed by atoms with Crippen LogP contribution < -0.4 is 10.6 Å². The zero-order valence-corrected chi connectivity index (χ0v) is 11.7. The van der Waals surface area contributed by atoms with Crippen molar-refractivity contribution in [3.8, 4) is 0 Å². The van der Waals surface area contributed by atoms with Gasteiger partial charge >= 0.3 is 0 Å². The van der Waals surface area contributed by atoms with Gasteiger partial charge in [0.1, 0.15) is 5.82 Å².